The van der Waals surface area contributed by atoms with Crippen LogP contribution in [0.5, 0.6) is 0 Å². The third kappa shape index (κ3) is 3.60. The smallest absolute Gasteiger partial charge is 0.310 e. The summed E-state index contributed by atoms with van der Waals surface area (Å²) in [6, 6.07) is 5.88. The molecule has 2 rings (SSSR count). The molecule has 1 N–H and O–H groups in total. The molecule has 0 radical (unpaired) electrons. The number of allylic oxidation sites excluding steroid dienone is 1. The standard InChI is InChI=1S/C14H16F3N/c15-14(16,17)12-6-4-5-11(9-12)10-18-13-7-2-1-3-8-13/h1-2,4-6,9,13,18H,3,7-8,10H2. The van der Waals surface area contributed by atoms with Crippen molar-refractivity contribution in [1.29, 1.82) is 0 Å². The molecule has 0 amide bonds. The van der Waals surface area contributed by atoms with Crippen LogP contribution < -0.4 is 5.32 Å². The lowest BCUT2D eigenvalue weighted by Gasteiger charge is -2.19. The second kappa shape index (κ2) is 5.57. The molecule has 0 bridgehead atoms. The first-order chi connectivity index (χ1) is 8.55. The van der Waals surface area contributed by atoms with Gasteiger partial charge in [-0.1, -0.05) is 30.4 Å². The van der Waals surface area contributed by atoms with Gasteiger partial charge >= 0.3 is 6.18 Å². The summed E-state index contributed by atoms with van der Waals surface area (Å²) in [7, 11) is 0. The summed E-state index contributed by atoms with van der Waals surface area (Å²) in [5.41, 5.74) is 0.102. The Kier molecular flexibility index (Phi) is 4.07. The number of hydrogen-bond acceptors (Lipinski definition) is 1. The van der Waals surface area contributed by atoms with Gasteiger partial charge in [0.2, 0.25) is 0 Å². The topological polar surface area (TPSA) is 12.0 Å². The molecule has 0 saturated carbocycles. The Labute approximate surface area is 105 Å². The van der Waals surface area contributed by atoms with Crippen molar-refractivity contribution in [1.82, 2.24) is 5.32 Å². The quantitative estimate of drug-likeness (QED) is 0.808. The zero-order valence-corrected chi connectivity index (χ0v) is 10.0. The van der Waals surface area contributed by atoms with Crippen molar-refractivity contribution in [3.05, 3.63) is 47.5 Å². The SMILES string of the molecule is FC(F)(F)c1cccc(CNC2CC=CCC2)c1. The molecule has 0 aliphatic heterocycles. The molecule has 4 heteroatoms. The van der Waals surface area contributed by atoms with E-state index in [1.807, 2.05) is 0 Å². The van der Waals surface area contributed by atoms with Gasteiger partial charge in [-0.05, 0) is 30.9 Å². The van der Waals surface area contributed by atoms with Crippen LogP contribution in [0.2, 0.25) is 0 Å². The Bertz CT molecular complexity index is 423. The summed E-state index contributed by atoms with van der Waals surface area (Å²) in [5, 5.41) is 3.30. The van der Waals surface area contributed by atoms with E-state index < -0.39 is 11.7 Å². The molecular formula is C14H16F3N. The zero-order valence-electron chi connectivity index (χ0n) is 10.0. The molecule has 18 heavy (non-hydrogen) atoms. The average molecular weight is 255 g/mol. The summed E-state index contributed by atoms with van der Waals surface area (Å²) in [4.78, 5) is 0. The fourth-order valence-corrected chi connectivity index (χ4v) is 2.10. The van der Waals surface area contributed by atoms with Crippen LogP contribution in [0.3, 0.4) is 0 Å². The number of rotatable bonds is 3. The Morgan fingerprint density at radius 3 is 2.72 bits per heavy atom. The van der Waals surface area contributed by atoms with E-state index in [-0.39, 0.29) is 0 Å². The second-order valence-corrected chi connectivity index (χ2v) is 4.56. The minimum Gasteiger partial charge on any atom is -0.310 e. The van der Waals surface area contributed by atoms with Gasteiger partial charge in [-0.3, -0.25) is 0 Å². The van der Waals surface area contributed by atoms with E-state index in [2.05, 4.69) is 17.5 Å². The normalized spacial score (nSPS) is 20.1. The Morgan fingerprint density at radius 2 is 2.06 bits per heavy atom. The van der Waals surface area contributed by atoms with Gasteiger partial charge < -0.3 is 5.32 Å². The van der Waals surface area contributed by atoms with E-state index in [1.54, 1.807) is 6.07 Å². The highest BCUT2D eigenvalue weighted by Gasteiger charge is 2.30. The monoisotopic (exact) mass is 255 g/mol. The van der Waals surface area contributed by atoms with E-state index in [1.165, 1.54) is 12.1 Å². The Morgan fingerprint density at radius 1 is 1.22 bits per heavy atom. The van der Waals surface area contributed by atoms with Crippen molar-refractivity contribution < 1.29 is 13.2 Å². The Hall–Kier alpha value is -1.29. The van der Waals surface area contributed by atoms with Gasteiger partial charge in [0.25, 0.3) is 0 Å². The largest absolute Gasteiger partial charge is 0.416 e. The minimum atomic E-state index is -4.26. The predicted octanol–water partition coefficient (Wildman–Crippen LogP) is 3.90. The lowest BCUT2D eigenvalue weighted by Crippen LogP contribution is -2.29. The second-order valence-electron chi connectivity index (χ2n) is 4.56. The van der Waals surface area contributed by atoms with Crippen molar-refractivity contribution in [2.24, 2.45) is 0 Å². The summed E-state index contributed by atoms with van der Waals surface area (Å²) in [5.74, 6) is 0. The molecule has 1 aromatic rings. The highest BCUT2D eigenvalue weighted by Crippen LogP contribution is 2.29. The van der Waals surface area contributed by atoms with Crippen molar-refractivity contribution in [2.45, 2.75) is 38.0 Å². The van der Waals surface area contributed by atoms with Crippen molar-refractivity contribution in [3.63, 3.8) is 0 Å². The molecule has 1 aliphatic carbocycles. The molecular weight excluding hydrogens is 239 g/mol. The van der Waals surface area contributed by atoms with Crippen molar-refractivity contribution >= 4 is 0 Å². The van der Waals surface area contributed by atoms with Crippen LogP contribution in [-0.2, 0) is 12.7 Å². The van der Waals surface area contributed by atoms with Crippen LogP contribution in [0.25, 0.3) is 0 Å². The number of hydrogen-bond donors (Lipinski definition) is 1. The third-order valence-corrected chi connectivity index (χ3v) is 3.12. The first kappa shape index (κ1) is 13.1. The van der Waals surface area contributed by atoms with Gasteiger partial charge in [-0.25, -0.2) is 0 Å². The summed E-state index contributed by atoms with van der Waals surface area (Å²) >= 11 is 0. The summed E-state index contributed by atoms with van der Waals surface area (Å²) in [6.07, 6.45) is 3.05. The molecule has 0 heterocycles. The first-order valence-corrected chi connectivity index (χ1v) is 6.10. The predicted molar refractivity (Wildman–Crippen MR) is 65.1 cm³/mol. The van der Waals surface area contributed by atoms with Gasteiger partial charge in [0.1, 0.15) is 0 Å². The van der Waals surface area contributed by atoms with Gasteiger partial charge in [-0.2, -0.15) is 13.2 Å². The van der Waals surface area contributed by atoms with E-state index in [4.69, 9.17) is 0 Å². The van der Waals surface area contributed by atoms with Gasteiger partial charge in [0.15, 0.2) is 0 Å². The fraction of sp³-hybridized carbons (Fsp3) is 0.429. The van der Waals surface area contributed by atoms with Crippen LogP contribution in [0.15, 0.2) is 36.4 Å². The van der Waals surface area contributed by atoms with Crippen LogP contribution in [0, 0.1) is 0 Å². The van der Waals surface area contributed by atoms with E-state index in [0.717, 1.165) is 25.3 Å². The van der Waals surface area contributed by atoms with Crippen LogP contribution in [-0.4, -0.2) is 6.04 Å². The number of benzene rings is 1. The average Bonchev–Trinajstić information content (AvgIpc) is 2.37. The van der Waals surface area contributed by atoms with E-state index in [0.29, 0.717) is 18.2 Å². The molecule has 1 nitrogen and oxygen atoms in total. The van der Waals surface area contributed by atoms with Crippen LogP contribution in [0.1, 0.15) is 30.4 Å². The maximum Gasteiger partial charge on any atom is 0.416 e. The zero-order chi connectivity index (χ0) is 13.0. The fourth-order valence-electron chi connectivity index (χ4n) is 2.10. The van der Waals surface area contributed by atoms with E-state index in [9.17, 15) is 13.2 Å². The molecule has 0 saturated heterocycles. The van der Waals surface area contributed by atoms with Crippen molar-refractivity contribution in [2.75, 3.05) is 0 Å². The summed E-state index contributed by atoms with van der Waals surface area (Å²) in [6.45, 7) is 0.489. The molecule has 0 fully saturated rings. The maximum atomic E-state index is 12.5. The lowest BCUT2D eigenvalue weighted by atomic mass is 10.0. The molecule has 1 unspecified atom stereocenters. The van der Waals surface area contributed by atoms with E-state index >= 15 is 0 Å². The number of alkyl halides is 3. The molecule has 1 aromatic carbocycles. The minimum absolute atomic E-state index is 0.379. The van der Waals surface area contributed by atoms with Gasteiger partial charge in [0.05, 0.1) is 5.56 Å². The van der Waals surface area contributed by atoms with Gasteiger partial charge in [-0.15, -0.1) is 0 Å². The molecule has 0 aromatic heterocycles. The third-order valence-electron chi connectivity index (χ3n) is 3.12. The summed E-state index contributed by atoms with van der Waals surface area (Å²) < 4.78 is 37.6. The highest BCUT2D eigenvalue weighted by molar-refractivity contribution is 5.25. The number of nitrogens with one attached hydrogen (secondary N) is 1. The first-order valence-electron chi connectivity index (χ1n) is 6.10. The van der Waals surface area contributed by atoms with Crippen molar-refractivity contribution in [3.8, 4) is 0 Å². The maximum absolute atomic E-state index is 12.5. The molecule has 98 valence electrons. The number of halogens is 3. The highest BCUT2D eigenvalue weighted by atomic mass is 19.4. The Balaban J connectivity index is 1.95. The van der Waals surface area contributed by atoms with Gasteiger partial charge in [0, 0.05) is 12.6 Å². The van der Waals surface area contributed by atoms with Crippen LogP contribution >= 0.6 is 0 Å². The molecule has 1 atom stereocenters. The molecule has 1 aliphatic rings. The lowest BCUT2D eigenvalue weighted by molar-refractivity contribution is -0.137. The molecule has 0 spiro atoms. The van der Waals surface area contributed by atoms with Crippen LogP contribution in [0.4, 0.5) is 13.2 Å².